The van der Waals surface area contributed by atoms with Crippen molar-refractivity contribution in [1.29, 1.82) is 0 Å². The highest BCUT2D eigenvalue weighted by Crippen LogP contribution is 2.48. The van der Waals surface area contributed by atoms with Crippen LogP contribution in [0.2, 0.25) is 0 Å². The molecule has 11 rings (SSSR count). The summed E-state index contributed by atoms with van der Waals surface area (Å²) in [5, 5.41) is 6.44. The number of hydrogen-bond acceptors (Lipinski definition) is 2. The standard InChI is InChI=1S/C51H32N2S/c1-3-14-33(15-4-1)36-28-31-40-43(32-36)49(42-21-13-25-47-50(42)41-20-9-12-24-46(41)54-47)39-19-8-7-18-38(39)48(40)34-26-29-37(30-27-34)53-45-23-11-10-22-44(45)52-51(53)35-16-5-2-6-17-35/h1-32H/i1D,3D,4D,14D,15D. The molecule has 0 saturated heterocycles. The summed E-state index contributed by atoms with van der Waals surface area (Å²) >= 11 is 1.77. The number of thiophene rings is 1. The molecule has 2 heterocycles. The third-order valence-corrected chi connectivity index (χ3v) is 11.6. The Morgan fingerprint density at radius 2 is 1.13 bits per heavy atom. The fourth-order valence-corrected chi connectivity index (χ4v) is 9.29. The Labute approximate surface area is 323 Å². The van der Waals surface area contributed by atoms with Crippen molar-refractivity contribution in [3.8, 4) is 50.5 Å². The van der Waals surface area contributed by atoms with Crippen LogP contribution in [-0.4, -0.2) is 9.55 Å². The van der Waals surface area contributed by atoms with Gasteiger partial charge in [-0.1, -0.05) is 152 Å². The molecule has 0 aliphatic rings. The number of fused-ring (bicyclic) bond motifs is 6. The van der Waals surface area contributed by atoms with Crippen LogP contribution < -0.4 is 0 Å². The minimum atomic E-state index is -0.405. The number of para-hydroxylation sites is 2. The van der Waals surface area contributed by atoms with Gasteiger partial charge in [-0.15, -0.1) is 11.3 Å². The van der Waals surface area contributed by atoms with Crippen molar-refractivity contribution in [1.82, 2.24) is 9.55 Å². The molecule has 2 aromatic heterocycles. The number of hydrogen-bond donors (Lipinski definition) is 0. The van der Waals surface area contributed by atoms with E-state index in [1.165, 1.54) is 20.2 Å². The molecule has 0 bridgehead atoms. The van der Waals surface area contributed by atoms with Gasteiger partial charge in [0.15, 0.2) is 0 Å². The van der Waals surface area contributed by atoms with Gasteiger partial charge in [0.25, 0.3) is 0 Å². The second kappa shape index (κ2) is 12.4. The molecule has 0 atom stereocenters. The quantitative estimate of drug-likeness (QED) is 0.163. The van der Waals surface area contributed by atoms with E-state index < -0.39 is 6.04 Å². The molecule has 0 radical (unpaired) electrons. The molecule has 0 N–H and O–H groups in total. The molecular weight excluding hydrogens is 673 g/mol. The van der Waals surface area contributed by atoms with Crippen molar-refractivity contribution in [2.75, 3.05) is 0 Å². The first-order valence-corrected chi connectivity index (χ1v) is 18.8. The molecule has 0 amide bonds. The van der Waals surface area contributed by atoms with Crippen LogP contribution >= 0.6 is 11.3 Å². The van der Waals surface area contributed by atoms with Gasteiger partial charge in [0.2, 0.25) is 0 Å². The highest BCUT2D eigenvalue weighted by molar-refractivity contribution is 7.25. The summed E-state index contributed by atoms with van der Waals surface area (Å²) < 4.78 is 47.7. The average molecular weight is 710 g/mol. The topological polar surface area (TPSA) is 17.8 Å². The summed E-state index contributed by atoms with van der Waals surface area (Å²) in [6.07, 6.45) is 0. The van der Waals surface area contributed by atoms with E-state index >= 15 is 0 Å². The van der Waals surface area contributed by atoms with Crippen molar-refractivity contribution in [3.63, 3.8) is 0 Å². The lowest BCUT2D eigenvalue weighted by Gasteiger charge is -2.20. The molecule has 0 saturated carbocycles. The molecule has 0 spiro atoms. The summed E-state index contributed by atoms with van der Waals surface area (Å²) in [7, 11) is 0. The van der Waals surface area contributed by atoms with Crippen molar-refractivity contribution in [2.24, 2.45) is 0 Å². The summed E-state index contributed by atoms with van der Waals surface area (Å²) in [6.45, 7) is 0. The fourth-order valence-electron chi connectivity index (χ4n) is 8.16. The first kappa shape index (κ1) is 26.0. The van der Waals surface area contributed by atoms with Gasteiger partial charge in [-0.2, -0.15) is 0 Å². The molecule has 0 aliphatic carbocycles. The lowest BCUT2D eigenvalue weighted by Crippen LogP contribution is -1.98. The molecular formula is C51H32N2S. The van der Waals surface area contributed by atoms with Gasteiger partial charge in [0.05, 0.1) is 17.9 Å². The van der Waals surface area contributed by atoms with Gasteiger partial charge in [0.1, 0.15) is 5.82 Å². The molecule has 0 fully saturated rings. The molecule has 11 aromatic rings. The van der Waals surface area contributed by atoms with Gasteiger partial charge in [-0.25, -0.2) is 4.98 Å². The molecule has 3 heteroatoms. The maximum Gasteiger partial charge on any atom is 0.145 e. The van der Waals surface area contributed by atoms with E-state index in [4.69, 9.17) is 11.8 Å². The van der Waals surface area contributed by atoms with E-state index in [2.05, 4.69) is 120 Å². The number of rotatable bonds is 5. The first-order chi connectivity index (χ1) is 28.9. The largest absolute Gasteiger partial charge is 0.292 e. The van der Waals surface area contributed by atoms with E-state index in [-0.39, 0.29) is 29.7 Å². The van der Waals surface area contributed by atoms with Crippen LogP contribution in [0.3, 0.4) is 0 Å². The number of imidazole rings is 1. The van der Waals surface area contributed by atoms with E-state index in [9.17, 15) is 0 Å². The van der Waals surface area contributed by atoms with E-state index in [0.717, 1.165) is 71.9 Å². The van der Waals surface area contributed by atoms with Crippen LogP contribution in [0, 0.1) is 0 Å². The Kier molecular flexibility index (Phi) is 5.98. The predicted octanol–water partition coefficient (Wildman–Crippen LogP) is 14.4. The molecule has 2 nitrogen and oxygen atoms in total. The fraction of sp³-hybridized carbons (Fsp3) is 0. The third-order valence-electron chi connectivity index (χ3n) is 10.5. The average Bonchev–Trinajstić information content (AvgIpc) is 3.87. The van der Waals surface area contributed by atoms with E-state index in [1.54, 1.807) is 11.3 Å². The Morgan fingerprint density at radius 1 is 0.463 bits per heavy atom. The van der Waals surface area contributed by atoms with Crippen LogP contribution in [0.4, 0.5) is 0 Å². The smallest absolute Gasteiger partial charge is 0.145 e. The number of aromatic nitrogens is 2. The van der Waals surface area contributed by atoms with E-state index in [0.29, 0.717) is 5.56 Å². The minimum Gasteiger partial charge on any atom is -0.292 e. The molecule has 0 unspecified atom stereocenters. The van der Waals surface area contributed by atoms with Crippen molar-refractivity contribution in [2.45, 2.75) is 0 Å². The highest BCUT2D eigenvalue weighted by Gasteiger charge is 2.21. The van der Waals surface area contributed by atoms with Crippen LogP contribution in [-0.2, 0) is 0 Å². The Balaban J connectivity index is 1.21. The molecule has 252 valence electrons. The molecule has 54 heavy (non-hydrogen) atoms. The van der Waals surface area contributed by atoms with Gasteiger partial charge in [-0.05, 0) is 97.4 Å². The second-order valence-corrected chi connectivity index (χ2v) is 14.6. The summed E-state index contributed by atoms with van der Waals surface area (Å²) in [6, 6.07) is 55.1. The van der Waals surface area contributed by atoms with Gasteiger partial charge >= 0.3 is 0 Å². The monoisotopic (exact) mass is 709 g/mol. The molecule has 0 aliphatic heterocycles. The van der Waals surface area contributed by atoms with E-state index in [1.807, 2.05) is 48.5 Å². The summed E-state index contributed by atoms with van der Waals surface area (Å²) in [5.74, 6) is 0.870. The lowest BCUT2D eigenvalue weighted by atomic mass is 9.84. The van der Waals surface area contributed by atoms with Crippen LogP contribution in [0.5, 0.6) is 0 Å². The van der Waals surface area contributed by atoms with Crippen molar-refractivity contribution in [3.05, 3.63) is 194 Å². The van der Waals surface area contributed by atoms with Crippen LogP contribution in [0.15, 0.2) is 194 Å². The van der Waals surface area contributed by atoms with Gasteiger partial charge in [-0.3, -0.25) is 4.57 Å². The normalized spacial score (nSPS) is 13.0. The predicted molar refractivity (Wildman–Crippen MR) is 231 cm³/mol. The Morgan fingerprint density at radius 3 is 1.96 bits per heavy atom. The molecule has 9 aromatic carbocycles. The number of nitrogens with zero attached hydrogens (tertiary/aromatic N) is 2. The Hall–Kier alpha value is -6.81. The van der Waals surface area contributed by atoms with Gasteiger partial charge < -0.3 is 0 Å². The summed E-state index contributed by atoms with van der Waals surface area (Å²) in [4.78, 5) is 5.06. The van der Waals surface area contributed by atoms with Crippen molar-refractivity contribution < 1.29 is 6.85 Å². The summed E-state index contributed by atoms with van der Waals surface area (Å²) in [5.41, 5.74) is 8.93. The maximum absolute atomic E-state index is 8.91. The number of benzene rings is 9. The van der Waals surface area contributed by atoms with Crippen molar-refractivity contribution >= 4 is 64.1 Å². The third kappa shape index (κ3) is 4.83. The highest BCUT2D eigenvalue weighted by atomic mass is 32.1. The zero-order valence-electron chi connectivity index (χ0n) is 33.9. The zero-order chi connectivity index (χ0) is 39.9. The van der Waals surface area contributed by atoms with Crippen LogP contribution in [0.1, 0.15) is 6.85 Å². The SMILES string of the molecule is [2H]c1c([2H])c([2H])c(-c2ccc3c(-c4ccc(-n5c(-c6ccccc6)nc6ccccc65)cc4)c4ccccc4c(-c4cccc5sc6ccccc6c45)c3c2)c([2H])c1[2H]. The van der Waals surface area contributed by atoms with Gasteiger partial charge in [0, 0.05) is 31.4 Å². The minimum absolute atomic E-state index is 0.184. The lowest BCUT2D eigenvalue weighted by molar-refractivity contribution is 1.10. The Bertz CT molecular complexity index is 3470. The maximum atomic E-state index is 8.91. The van der Waals surface area contributed by atoms with Crippen LogP contribution in [0.25, 0.3) is 103 Å². The second-order valence-electron chi connectivity index (χ2n) is 13.5. The first-order valence-electron chi connectivity index (χ1n) is 20.5. The zero-order valence-corrected chi connectivity index (χ0v) is 29.7.